The molecule has 9 heteroatoms. The summed E-state index contributed by atoms with van der Waals surface area (Å²) in [6, 6.07) is 10.2. The molecule has 0 aliphatic carbocycles. The lowest BCUT2D eigenvalue weighted by Crippen LogP contribution is -2.37. The molecule has 0 unspecified atom stereocenters. The lowest BCUT2D eigenvalue weighted by atomic mass is 10.0. The lowest BCUT2D eigenvalue weighted by Gasteiger charge is -2.23. The number of benzene rings is 2. The number of aryl methyl sites for hydroxylation is 2. The molecule has 2 heterocycles. The van der Waals surface area contributed by atoms with Gasteiger partial charge in [0, 0.05) is 5.02 Å². The first-order valence-electron chi connectivity index (χ1n) is 9.57. The van der Waals surface area contributed by atoms with Crippen molar-refractivity contribution in [2.75, 3.05) is 6.61 Å². The average molecular weight is 461 g/mol. The maximum absolute atomic E-state index is 14.3. The van der Waals surface area contributed by atoms with E-state index in [1.54, 1.807) is 13.0 Å². The van der Waals surface area contributed by atoms with E-state index >= 15 is 0 Å². The van der Waals surface area contributed by atoms with Crippen LogP contribution in [0.5, 0.6) is 11.5 Å². The number of aromatic nitrogens is 2. The van der Waals surface area contributed by atoms with Gasteiger partial charge in [-0.1, -0.05) is 41.4 Å². The molecular formula is C22H19Cl2FN4O2. The molecule has 2 aromatic carbocycles. The molecule has 0 saturated heterocycles. The highest BCUT2D eigenvalue weighted by atomic mass is 35.5. The zero-order valence-corrected chi connectivity index (χ0v) is 18.3. The Morgan fingerprint density at radius 3 is 2.81 bits per heavy atom. The SMILES string of the molecule is Cc1ccc(C[C@@H]2CONC(c3nc(C)ncc3Oc3cccc(Cl)c3F)=N2)c(Cl)c1. The largest absolute Gasteiger partial charge is 0.450 e. The van der Waals surface area contributed by atoms with Crippen LogP contribution in [-0.4, -0.2) is 28.5 Å². The van der Waals surface area contributed by atoms with E-state index in [4.69, 9.17) is 37.8 Å². The molecule has 0 saturated carbocycles. The summed E-state index contributed by atoms with van der Waals surface area (Å²) in [5, 5.41) is 0.646. The number of hydrogen-bond acceptors (Lipinski definition) is 6. The minimum absolute atomic E-state index is 0.0403. The lowest BCUT2D eigenvalue weighted by molar-refractivity contribution is 0.0621. The molecule has 1 aromatic heterocycles. The predicted molar refractivity (Wildman–Crippen MR) is 118 cm³/mol. The Morgan fingerprint density at radius 1 is 1.16 bits per heavy atom. The van der Waals surface area contributed by atoms with Gasteiger partial charge in [-0.2, -0.15) is 0 Å². The second kappa shape index (κ2) is 9.18. The van der Waals surface area contributed by atoms with Crippen LogP contribution in [0.4, 0.5) is 4.39 Å². The van der Waals surface area contributed by atoms with E-state index in [9.17, 15) is 4.39 Å². The van der Waals surface area contributed by atoms with E-state index in [1.165, 1.54) is 18.3 Å². The smallest absolute Gasteiger partial charge is 0.184 e. The first-order valence-corrected chi connectivity index (χ1v) is 10.3. The van der Waals surface area contributed by atoms with Crippen LogP contribution >= 0.6 is 23.2 Å². The minimum atomic E-state index is -0.669. The first kappa shape index (κ1) is 21.5. The standard InChI is InChI=1S/C22H19Cl2FN4O2/c1-12-6-7-14(17(24)8-12)9-15-11-30-29-22(28-15)21-19(10-26-13(2)27-21)31-18-5-3-4-16(23)20(18)25/h3-8,10,15H,9,11H2,1-2H3,(H,28,29)/t15-/m1/s1. The number of hydrogen-bond donors (Lipinski definition) is 1. The summed E-state index contributed by atoms with van der Waals surface area (Å²) in [6.45, 7) is 4.08. The van der Waals surface area contributed by atoms with Crippen molar-refractivity contribution in [3.8, 4) is 11.5 Å². The van der Waals surface area contributed by atoms with E-state index in [1.807, 2.05) is 25.1 Å². The molecule has 0 radical (unpaired) electrons. The Kier molecular flexibility index (Phi) is 6.36. The van der Waals surface area contributed by atoms with E-state index in [0.717, 1.165) is 11.1 Å². The van der Waals surface area contributed by atoms with Gasteiger partial charge in [-0.15, -0.1) is 0 Å². The number of nitrogens with zero attached hydrogens (tertiary/aromatic N) is 3. The van der Waals surface area contributed by atoms with Crippen molar-refractivity contribution in [3.63, 3.8) is 0 Å². The topological polar surface area (TPSA) is 68.6 Å². The van der Waals surface area contributed by atoms with Crippen molar-refractivity contribution >= 4 is 29.0 Å². The fourth-order valence-corrected chi connectivity index (χ4v) is 3.60. The minimum Gasteiger partial charge on any atom is -0.450 e. The van der Waals surface area contributed by atoms with Gasteiger partial charge in [-0.3, -0.25) is 9.83 Å². The van der Waals surface area contributed by atoms with Crippen LogP contribution in [0.3, 0.4) is 0 Å². The average Bonchev–Trinajstić information content (AvgIpc) is 2.75. The highest BCUT2D eigenvalue weighted by molar-refractivity contribution is 6.31. The van der Waals surface area contributed by atoms with Crippen LogP contribution in [0.25, 0.3) is 0 Å². The van der Waals surface area contributed by atoms with Crippen molar-refractivity contribution in [1.82, 2.24) is 15.4 Å². The van der Waals surface area contributed by atoms with Gasteiger partial charge >= 0.3 is 0 Å². The Labute approximate surface area is 189 Å². The van der Waals surface area contributed by atoms with Crippen molar-refractivity contribution in [2.24, 2.45) is 4.99 Å². The van der Waals surface area contributed by atoms with Crippen LogP contribution in [0.1, 0.15) is 22.6 Å². The van der Waals surface area contributed by atoms with Crippen LogP contribution in [-0.2, 0) is 11.3 Å². The third-order valence-electron chi connectivity index (χ3n) is 4.66. The van der Waals surface area contributed by atoms with Gasteiger partial charge in [-0.05, 0) is 49.6 Å². The second-order valence-corrected chi connectivity index (χ2v) is 7.94. The van der Waals surface area contributed by atoms with Crippen molar-refractivity contribution in [1.29, 1.82) is 0 Å². The third-order valence-corrected chi connectivity index (χ3v) is 5.30. The molecule has 1 aliphatic rings. The first-order chi connectivity index (χ1) is 14.9. The zero-order valence-electron chi connectivity index (χ0n) is 16.8. The van der Waals surface area contributed by atoms with Gasteiger partial charge in [-0.25, -0.2) is 19.8 Å². The molecule has 0 spiro atoms. The van der Waals surface area contributed by atoms with E-state index in [2.05, 4.69) is 15.4 Å². The Morgan fingerprint density at radius 2 is 2.00 bits per heavy atom. The van der Waals surface area contributed by atoms with E-state index < -0.39 is 5.82 Å². The molecule has 31 heavy (non-hydrogen) atoms. The summed E-state index contributed by atoms with van der Waals surface area (Å²) in [4.78, 5) is 18.8. The maximum atomic E-state index is 14.3. The van der Waals surface area contributed by atoms with Gasteiger partial charge < -0.3 is 4.74 Å². The van der Waals surface area contributed by atoms with E-state index in [-0.39, 0.29) is 22.6 Å². The number of rotatable bonds is 5. The molecule has 160 valence electrons. The van der Waals surface area contributed by atoms with Crippen molar-refractivity contribution < 1.29 is 14.0 Å². The zero-order chi connectivity index (χ0) is 22.0. The molecule has 1 N–H and O–H groups in total. The maximum Gasteiger partial charge on any atom is 0.184 e. The summed E-state index contributed by atoms with van der Waals surface area (Å²) in [7, 11) is 0. The molecule has 0 amide bonds. The van der Waals surface area contributed by atoms with E-state index in [0.29, 0.717) is 35.4 Å². The number of aliphatic imine (C=N–C) groups is 1. The Bertz CT molecular complexity index is 1160. The second-order valence-electron chi connectivity index (χ2n) is 7.13. The fourth-order valence-electron chi connectivity index (χ4n) is 3.12. The number of ether oxygens (including phenoxy) is 1. The molecule has 3 aromatic rings. The number of amidine groups is 1. The molecule has 1 aliphatic heterocycles. The molecular weight excluding hydrogens is 442 g/mol. The molecule has 0 bridgehead atoms. The summed E-state index contributed by atoms with van der Waals surface area (Å²) in [5.74, 6) is 0.374. The highest BCUT2D eigenvalue weighted by Gasteiger charge is 2.23. The number of nitrogens with one attached hydrogen (secondary N) is 1. The predicted octanol–water partition coefficient (Wildman–Crippen LogP) is 5.22. The van der Waals surface area contributed by atoms with Crippen LogP contribution in [0.2, 0.25) is 10.0 Å². The fraction of sp³-hybridized carbons (Fsp3) is 0.227. The van der Waals surface area contributed by atoms with Crippen LogP contribution in [0.15, 0.2) is 47.6 Å². The molecule has 6 nitrogen and oxygen atoms in total. The van der Waals surface area contributed by atoms with Gasteiger partial charge in [0.05, 0.1) is 23.9 Å². The normalized spacial score (nSPS) is 15.9. The van der Waals surface area contributed by atoms with Crippen molar-refractivity contribution in [2.45, 2.75) is 26.3 Å². The Balaban J connectivity index is 1.64. The van der Waals surface area contributed by atoms with Gasteiger partial charge in [0.2, 0.25) is 0 Å². The van der Waals surface area contributed by atoms with Crippen LogP contribution in [0, 0.1) is 19.7 Å². The van der Waals surface area contributed by atoms with Crippen molar-refractivity contribution in [3.05, 3.63) is 81.1 Å². The molecule has 0 fully saturated rings. The van der Waals surface area contributed by atoms with Gasteiger partial charge in [0.25, 0.3) is 0 Å². The number of halogens is 3. The Hall–Kier alpha value is -2.74. The molecule has 1 atom stereocenters. The summed E-state index contributed by atoms with van der Waals surface area (Å²) >= 11 is 12.2. The summed E-state index contributed by atoms with van der Waals surface area (Å²) in [5.41, 5.74) is 5.20. The van der Waals surface area contributed by atoms with Gasteiger partial charge in [0.1, 0.15) is 5.82 Å². The number of hydroxylamine groups is 1. The highest BCUT2D eigenvalue weighted by Crippen LogP contribution is 2.30. The van der Waals surface area contributed by atoms with Gasteiger partial charge in [0.15, 0.2) is 28.8 Å². The monoisotopic (exact) mass is 460 g/mol. The third kappa shape index (κ3) is 4.95. The summed E-state index contributed by atoms with van der Waals surface area (Å²) < 4.78 is 20.1. The molecule has 4 rings (SSSR count). The summed E-state index contributed by atoms with van der Waals surface area (Å²) in [6.07, 6.45) is 2.05. The quantitative estimate of drug-likeness (QED) is 0.564. The van der Waals surface area contributed by atoms with Crippen LogP contribution < -0.4 is 10.2 Å².